The maximum Gasteiger partial charge on any atom is 0.237 e. The number of likely N-dealkylation sites (tertiary alicyclic amines) is 1. The van der Waals surface area contributed by atoms with E-state index >= 15 is 0 Å². The summed E-state index contributed by atoms with van der Waals surface area (Å²) in [4.78, 5) is 28.4. The molecule has 0 spiro atoms. The van der Waals surface area contributed by atoms with Crippen molar-refractivity contribution in [1.82, 2.24) is 34.4 Å². The minimum absolute atomic E-state index is 0.226. The summed E-state index contributed by atoms with van der Waals surface area (Å²) in [6.07, 6.45) is 5.37. The Labute approximate surface area is 200 Å². The van der Waals surface area contributed by atoms with E-state index in [2.05, 4.69) is 62.4 Å². The maximum atomic E-state index is 12.8. The quantitative estimate of drug-likeness (QED) is 0.578. The van der Waals surface area contributed by atoms with E-state index in [1.54, 1.807) is 17.1 Å². The molecule has 9 nitrogen and oxygen atoms in total. The van der Waals surface area contributed by atoms with Crippen LogP contribution in [-0.4, -0.2) is 86.7 Å². The molecule has 2 aliphatic rings. The van der Waals surface area contributed by atoms with Crippen LogP contribution >= 0.6 is 0 Å². The van der Waals surface area contributed by atoms with Crippen molar-refractivity contribution < 1.29 is 4.79 Å². The first-order chi connectivity index (χ1) is 16.4. The normalized spacial score (nSPS) is 17.7. The van der Waals surface area contributed by atoms with Crippen LogP contribution in [0.2, 0.25) is 0 Å². The monoisotopic (exact) mass is 460 g/mol. The molecule has 1 amide bonds. The van der Waals surface area contributed by atoms with Gasteiger partial charge in [0.1, 0.15) is 0 Å². The van der Waals surface area contributed by atoms with E-state index in [1.807, 2.05) is 24.2 Å². The summed E-state index contributed by atoms with van der Waals surface area (Å²) in [5, 5.41) is 7.35. The van der Waals surface area contributed by atoms with Crippen LogP contribution in [0, 0.1) is 12.8 Å². The molecule has 1 aromatic carbocycles. The average Bonchev–Trinajstić information content (AvgIpc) is 3.20. The van der Waals surface area contributed by atoms with Crippen molar-refractivity contribution in [2.45, 2.75) is 13.5 Å². The van der Waals surface area contributed by atoms with E-state index in [4.69, 9.17) is 0 Å². The SMILES string of the molecule is Cc1cc(-c2ccnc(Nc3cnn(C)c3)n2)ccc1CN1CCN(CC2CN(C)C2)CC1=O. The second kappa shape index (κ2) is 9.52. The molecule has 0 unspecified atom stereocenters. The number of aryl methyl sites for hydroxylation is 2. The zero-order valence-corrected chi connectivity index (χ0v) is 20.1. The summed E-state index contributed by atoms with van der Waals surface area (Å²) in [6, 6.07) is 8.24. The van der Waals surface area contributed by atoms with Crippen LogP contribution in [0.15, 0.2) is 42.9 Å². The second-order valence-corrected chi connectivity index (χ2v) is 9.57. The van der Waals surface area contributed by atoms with Crippen molar-refractivity contribution in [3.05, 3.63) is 54.0 Å². The smallest absolute Gasteiger partial charge is 0.237 e. The summed E-state index contributed by atoms with van der Waals surface area (Å²) < 4.78 is 1.73. The number of nitrogens with one attached hydrogen (secondary N) is 1. The zero-order chi connectivity index (χ0) is 23.7. The molecule has 1 N–H and O–H groups in total. The lowest BCUT2D eigenvalue weighted by molar-refractivity contribution is -0.137. The maximum absolute atomic E-state index is 12.8. The molecule has 4 heterocycles. The summed E-state index contributed by atoms with van der Waals surface area (Å²) in [5.41, 5.74) is 5.05. The highest BCUT2D eigenvalue weighted by molar-refractivity contribution is 5.79. The molecular formula is C25H32N8O. The minimum Gasteiger partial charge on any atom is -0.336 e. The van der Waals surface area contributed by atoms with Crippen LogP contribution in [0.25, 0.3) is 11.3 Å². The first kappa shape index (κ1) is 22.5. The number of amides is 1. The molecule has 0 radical (unpaired) electrons. The molecule has 5 rings (SSSR count). The third-order valence-corrected chi connectivity index (χ3v) is 6.67. The van der Waals surface area contributed by atoms with Gasteiger partial charge in [-0.3, -0.25) is 14.4 Å². The van der Waals surface area contributed by atoms with Gasteiger partial charge < -0.3 is 15.1 Å². The van der Waals surface area contributed by atoms with Crippen LogP contribution in [0.3, 0.4) is 0 Å². The largest absolute Gasteiger partial charge is 0.336 e. The summed E-state index contributed by atoms with van der Waals surface area (Å²) >= 11 is 0. The number of hydrogen-bond donors (Lipinski definition) is 1. The van der Waals surface area contributed by atoms with Gasteiger partial charge in [-0.2, -0.15) is 5.10 Å². The van der Waals surface area contributed by atoms with Crippen molar-refractivity contribution in [3.63, 3.8) is 0 Å². The van der Waals surface area contributed by atoms with E-state index in [9.17, 15) is 4.79 Å². The lowest BCUT2D eigenvalue weighted by Gasteiger charge is -2.41. The van der Waals surface area contributed by atoms with Gasteiger partial charge in [-0.15, -0.1) is 0 Å². The van der Waals surface area contributed by atoms with Gasteiger partial charge in [-0.1, -0.05) is 12.1 Å². The third-order valence-electron chi connectivity index (χ3n) is 6.67. The Morgan fingerprint density at radius 1 is 1.15 bits per heavy atom. The number of carbonyl (C=O) groups is 1. The number of nitrogens with zero attached hydrogens (tertiary/aromatic N) is 7. The number of anilines is 2. The Kier molecular flexibility index (Phi) is 6.30. The van der Waals surface area contributed by atoms with Gasteiger partial charge in [0.2, 0.25) is 11.9 Å². The van der Waals surface area contributed by atoms with Crippen LogP contribution in [-0.2, 0) is 18.4 Å². The molecule has 0 atom stereocenters. The lowest BCUT2D eigenvalue weighted by atomic mass is 10.00. The molecule has 2 aromatic heterocycles. The molecule has 178 valence electrons. The van der Waals surface area contributed by atoms with Gasteiger partial charge in [0, 0.05) is 64.3 Å². The first-order valence-corrected chi connectivity index (χ1v) is 11.8. The highest BCUT2D eigenvalue weighted by Gasteiger charge is 2.30. The van der Waals surface area contributed by atoms with Gasteiger partial charge in [0.05, 0.1) is 24.1 Å². The van der Waals surface area contributed by atoms with E-state index < -0.39 is 0 Å². The van der Waals surface area contributed by atoms with Gasteiger partial charge in [-0.25, -0.2) is 9.97 Å². The van der Waals surface area contributed by atoms with E-state index in [-0.39, 0.29) is 5.91 Å². The number of hydrogen-bond acceptors (Lipinski definition) is 7. The fourth-order valence-electron chi connectivity index (χ4n) is 4.82. The van der Waals surface area contributed by atoms with Crippen molar-refractivity contribution in [2.75, 3.05) is 51.6 Å². The van der Waals surface area contributed by atoms with E-state index in [1.165, 1.54) is 5.56 Å². The third kappa shape index (κ3) is 5.10. The Hall–Kier alpha value is -3.30. The topological polar surface area (TPSA) is 82.4 Å². The van der Waals surface area contributed by atoms with Gasteiger partial charge >= 0.3 is 0 Å². The van der Waals surface area contributed by atoms with E-state index in [0.717, 1.165) is 55.2 Å². The van der Waals surface area contributed by atoms with E-state index in [0.29, 0.717) is 25.0 Å². The van der Waals surface area contributed by atoms with Crippen LogP contribution < -0.4 is 5.32 Å². The Balaban J connectivity index is 1.21. The van der Waals surface area contributed by atoms with Crippen LogP contribution in [0.5, 0.6) is 0 Å². The molecule has 3 aromatic rings. The van der Waals surface area contributed by atoms with Gasteiger partial charge in [0.15, 0.2) is 0 Å². The molecule has 0 aliphatic carbocycles. The number of rotatable bonds is 7. The number of benzene rings is 1. The average molecular weight is 461 g/mol. The molecule has 34 heavy (non-hydrogen) atoms. The van der Waals surface area contributed by atoms with Crippen molar-refractivity contribution >= 4 is 17.5 Å². The summed E-state index contributed by atoms with van der Waals surface area (Å²) in [5.74, 6) is 1.47. The Bertz CT molecular complexity index is 1170. The molecule has 2 aliphatic heterocycles. The minimum atomic E-state index is 0.226. The molecule has 0 bridgehead atoms. The second-order valence-electron chi connectivity index (χ2n) is 9.57. The first-order valence-electron chi connectivity index (χ1n) is 11.8. The van der Waals surface area contributed by atoms with Crippen LogP contribution in [0.1, 0.15) is 11.1 Å². The fourth-order valence-corrected chi connectivity index (χ4v) is 4.82. The van der Waals surface area contributed by atoms with Crippen LogP contribution in [0.4, 0.5) is 11.6 Å². The predicted molar refractivity (Wildman–Crippen MR) is 132 cm³/mol. The molecular weight excluding hydrogens is 428 g/mol. The molecule has 2 saturated heterocycles. The molecule has 2 fully saturated rings. The predicted octanol–water partition coefficient (Wildman–Crippen LogP) is 2.13. The number of aromatic nitrogens is 4. The van der Waals surface area contributed by atoms with Crippen molar-refractivity contribution in [1.29, 1.82) is 0 Å². The standard InChI is InChI=1S/C25H32N8O/c1-18-10-20(23-6-7-26-25(29-23)28-22-11-27-31(3)16-22)4-5-21(18)15-33-9-8-32(17-24(33)34)14-19-12-30(2)13-19/h4-7,10-11,16,19H,8-9,12-15,17H2,1-3H3,(H,26,28,29). The van der Waals surface area contributed by atoms with Gasteiger partial charge in [-0.05, 0) is 43.1 Å². The van der Waals surface area contributed by atoms with Crippen molar-refractivity contribution in [2.24, 2.45) is 13.0 Å². The lowest BCUT2D eigenvalue weighted by Crippen LogP contribution is -2.55. The molecule has 0 saturated carbocycles. The summed E-state index contributed by atoms with van der Waals surface area (Å²) in [7, 11) is 4.02. The molecule has 9 heteroatoms. The number of carbonyl (C=O) groups excluding carboxylic acids is 1. The Morgan fingerprint density at radius 2 is 2.00 bits per heavy atom. The highest BCUT2D eigenvalue weighted by Crippen LogP contribution is 2.24. The van der Waals surface area contributed by atoms with Crippen molar-refractivity contribution in [3.8, 4) is 11.3 Å². The Morgan fingerprint density at radius 3 is 2.71 bits per heavy atom. The zero-order valence-electron chi connectivity index (χ0n) is 20.1. The summed E-state index contributed by atoms with van der Waals surface area (Å²) in [6.45, 7) is 8.36. The highest BCUT2D eigenvalue weighted by atomic mass is 16.2. The number of piperazine rings is 1. The van der Waals surface area contributed by atoms with Gasteiger partial charge in [0.25, 0.3) is 0 Å². The fraction of sp³-hybridized carbons (Fsp3) is 0.440.